The first-order valence-corrected chi connectivity index (χ1v) is 15.5. The van der Waals surface area contributed by atoms with Crippen LogP contribution in [0.2, 0.25) is 0 Å². The summed E-state index contributed by atoms with van der Waals surface area (Å²) in [6.45, 7) is 16.4. The maximum Gasteiger partial charge on any atom is 0.187 e. The second-order valence-electron chi connectivity index (χ2n) is 14.4. The van der Waals surface area contributed by atoms with Crippen LogP contribution in [0.15, 0.2) is 22.8 Å². The van der Waals surface area contributed by atoms with Gasteiger partial charge >= 0.3 is 0 Å². The van der Waals surface area contributed by atoms with Crippen LogP contribution in [0.5, 0.6) is 0 Å². The summed E-state index contributed by atoms with van der Waals surface area (Å²) in [6.07, 6.45) is -1.65. The molecule has 0 amide bonds. The number of aliphatic hydroxyl groups excluding tert-OH is 3. The molecule has 1 saturated carbocycles. The molecule has 9 heteroatoms. The Balaban J connectivity index is 1.51. The highest BCUT2D eigenvalue weighted by Crippen LogP contribution is 2.56. The Morgan fingerprint density at radius 2 is 1.73 bits per heavy atom. The Labute approximate surface area is 244 Å². The fraction of sp³-hybridized carbons (Fsp3) is 0.875. The van der Waals surface area contributed by atoms with Gasteiger partial charge in [0.15, 0.2) is 12.1 Å². The summed E-state index contributed by atoms with van der Waals surface area (Å²) in [5, 5.41) is 46.2. The molecule has 5 rings (SSSR count). The Bertz CT molecular complexity index is 1030. The Hall–Kier alpha value is -0.880. The van der Waals surface area contributed by atoms with Crippen LogP contribution in [0.1, 0.15) is 81.1 Å². The number of aliphatic hydroxyl groups is 4. The van der Waals surface area contributed by atoms with Gasteiger partial charge in [0, 0.05) is 5.41 Å². The maximum absolute atomic E-state index is 12.1. The second-order valence-corrected chi connectivity index (χ2v) is 14.4. The van der Waals surface area contributed by atoms with Crippen molar-refractivity contribution in [3.05, 3.63) is 22.8 Å². The van der Waals surface area contributed by atoms with Crippen LogP contribution in [0.4, 0.5) is 0 Å². The van der Waals surface area contributed by atoms with E-state index in [0.29, 0.717) is 6.42 Å². The highest BCUT2D eigenvalue weighted by molar-refractivity contribution is 5.42. The summed E-state index contributed by atoms with van der Waals surface area (Å²) >= 11 is 0. The molecule has 9 nitrogen and oxygen atoms in total. The van der Waals surface area contributed by atoms with Crippen molar-refractivity contribution in [1.29, 1.82) is 0 Å². The van der Waals surface area contributed by atoms with Gasteiger partial charge in [-0.15, -0.1) is 0 Å². The molecule has 4 N–H and O–H groups in total. The normalized spacial score (nSPS) is 46.2. The van der Waals surface area contributed by atoms with Crippen LogP contribution < -0.4 is 0 Å². The molecule has 2 aliphatic heterocycles. The summed E-state index contributed by atoms with van der Waals surface area (Å²) in [5.74, 6) is -0.977. The molecule has 0 unspecified atom stereocenters. The van der Waals surface area contributed by atoms with Crippen LogP contribution in [0.3, 0.4) is 0 Å². The van der Waals surface area contributed by atoms with Gasteiger partial charge in [0.25, 0.3) is 0 Å². The fourth-order valence-corrected chi connectivity index (χ4v) is 7.84. The molecule has 41 heavy (non-hydrogen) atoms. The highest BCUT2D eigenvalue weighted by Gasteiger charge is 2.56. The number of ether oxygens (including phenoxy) is 5. The average Bonchev–Trinajstić information content (AvgIpc) is 3.40. The summed E-state index contributed by atoms with van der Waals surface area (Å²) in [7, 11) is 0. The van der Waals surface area contributed by atoms with E-state index in [-0.39, 0.29) is 37.1 Å². The van der Waals surface area contributed by atoms with Crippen molar-refractivity contribution in [2.45, 2.75) is 141 Å². The predicted octanol–water partition coefficient (Wildman–Crippen LogP) is 3.23. The van der Waals surface area contributed by atoms with Gasteiger partial charge in [-0.1, -0.05) is 39.3 Å². The lowest BCUT2D eigenvalue weighted by molar-refractivity contribution is -0.387. The van der Waals surface area contributed by atoms with Crippen LogP contribution >= 0.6 is 0 Å². The van der Waals surface area contributed by atoms with Gasteiger partial charge < -0.3 is 44.1 Å². The van der Waals surface area contributed by atoms with E-state index in [1.165, 1.54) is 5.57 Å². The minimum Gasteiger partial charge on any atom is -0.390 e. The summed E-state index contributed by atoms with van der Waals surface area (Å²) in [5.41, 5.74) is 1.61. The first-order valence-electron chi connectivity index (χ1n) is 15.5. The Morgan fingerprint density at radius 3 is 2.39 bits per heavy atom. The number of allylic oxidation sites excluding steroid dienone is 2. The highest BCUT2D eigenvalue weighted by atomic mass is 16.8. The molecular formula is C32H52O9. The van der Waals surface area contributed by atoms with Gasteiger partial charge in [-0.05, 0) is 82.3 Å². The van der Waals surface area contributed by atoms with Crippen molar-refractivity contribution < 1.29 is 44.1 Å². The van der Waals surface area contributed by atoms with E-state index in [9.17, 15) is 20.4 Å². The van der Waals surface area contributed by atoms with Crippen LogP contribution in [-0.4, -0.2) is 94.0 Å². The third-order valence-corrected chi connectivity index (χ3v) is 10.2. The van der Waals surface area contributed by atoms with Crippen LogP contribution in [0.25, 0.3) is 0 Å². The monoisotopic (exact) mass is 580 g/mol. The Morgan fingerprint density at radius 1 is 1.02 bits per heavy atom. The topological polar surface area (TPSA) is 127 Å². The third-order valence-electron chi connectivity index (χ3n) is 10.2. The molecule has 3 aliphatic carbocycles. The SMILES string of the molecule is CC(C)OC[C@@]1(O)CC[C@@H]2C1=C[C@@]1(C)CCC(C(C)C)=C1[C@@H](O[C@H]1O[C@@H]3COC(C)(C)O[C@H]3[C@H](O)[C@H]1O)[C@H](O)[C@@H]2C. The molecular weight excluding hydrogens is 528 g/mol. The van der Waals surface area contributed by atoms with E-state index < -0.39 is 59.7 Å². The summed E-state index contributed by atoms with van der Waals surface area (Å²) in [4.78, 5) is 0. The number of hydrogen-bond donors (Lipinski definition) is 4. The second kappa shape index (κ2) is 11.2. The van der Waals surface area contributed by atoms with Gasteiger partial charge in [-0.3, -0.25) is 0 Å². The first kappa shape index (κ1) is 31.5. The van der Waals surface area contributed by atoms with E-state index in [1.54, 1.807) is 13.8 Å². The van der Waals surface area contributed by atoms with E-state index >= 15 is 0 Å². The van der Waals surface area contributed by atoms with Crippen molar-refractivity contribution in [2.75, 3.05) is 13.2 Å². The van der Waals surface area contributed by atoms with E-state index in [0.717, 1.165) is 30.4 Å². The van der Waals surface area contributed by atoms with E-state index in [1.807, 2.05) is 20.8 Å². The van der Waals surface area contributed by atoms with Gasteiger partial charge in [0.2, 0.25) is 0 Å². The lowest BCUT2D eigenvalue weighted by atomic mass is 9.68. The lowest BCUT2D eigenvalue weighted by Crippen LogP contribution is -2.65. The first-order chi connectivity index (χ1) is 19.1. The van der Waals surface area contributed by atoms with Crippen molar-refractivity contribution in [3.63, 3.8) is 0 Å². The molecule has 0 bridgehead atoms. The van der Waals surface area contributed by atoms with Crippen LogP contribution in [0, 0.1) is 23.2 Å². The molecule has 0 aromatic carbocycles. The minimum atomic E-state index is -1.37. The third kappa shape index (κ3) is 5.71. The van der Waals surface area contributed by atoms with Crippen molar-refractivity contribution >= 4 is 0 Å². The van der Waals surface area contributed by atoms with Crippen molar-refractivity contribution in [1.82, 2.24) is 0 Å². The largest absolute Gasteiger partial charge is 0.390 e. The molecule has 0 aromatic rings. The zero-order valence-corrected chi connectivity index (χ0v) is 26.0. The number of rotatable bonds is 6. The lowest BCUT2D eigenvalue weighted by Gasteiger charge is -2.50. The molecule has 3 fully saturated rings. The van der Waals surface area contributed by atoms with Gasteiger partial charge in [0.05, 0.1) is 25.4 Å². The van der Waals surface area contributed by atoms with E-state index in [4.69, 9.17) is 23.7 Å². The van der Waals surface area contributed by atoms with E-state index in [2.05, 4.69) is 26.8 Å². The molecule has 0 aromatic heterocycles. The maximum atomic E-state index is 12.1. The summed E-state index contributed by atoms with van der Waals surface area (Å²) in [6, 6.07) is 0. The van der Waals surface area contributed by atoms with Crippen molar-refractivity contribution in [3.8, 4) is 0 Å². The van der Waals surface area contributed by atoms with Crippen LogP contribution in [-0.2, 0) is 23.7 Å². The number of fused-ring (bicyclic) bond motifs is 3. The smallest absolute Gasteiger partial charge is 0.187 e. The molecule has 0 radical (unpaired) electrons. The molecule has 0 spiro atoms. The fourth-order valence-electron chi connectivity index (χ4n) is 7.84. The average molecular weight is 581 g/mol. The predicted molar refractivity (Wildman–Crippen MR) is 152 cm³/mol. The molecule has 2 heterocycles. The summed E-state index contributed by atoms with van der Waals surface area (Å²) < 4.78 is 30.4. The molecule has 2 saturated heterocycles. The molecule has 234 valence electrons. The molecule has 11 atom stereocenters. The zero-order chi connectivity index (χ0) is 30.1. The van der Waals surface area contributed by atoms with Gasteiger partial charge in [-0.25, -0.2) is 0 Å². The minimum absolute atomic E-state index is 0.000924. The number of hydrogen-bond acceptors (Lipinski definition) is 9. The van der Waals surface area contributed by atoms with Gasteiger partial charge in [-0.2, -0.15) is 0 Å². The quantitative estimate of drug-likeness (QED) is 0.350. The van der Waals surface area contributed by atoms with Gasteiger partial charge in [0.1, 0.15) is 36.1 Å². The Kier molecular flexibility index (Phi) is 8.65. The molecule has 5 aliphatic rings. The standard InChI is InChI=1S/C32H52O9/c1-16(2)19-9-11-31(8)13-21-20(10-12-32(21,36)15-37-17(3)4)18(5)24(33)28(23(19)31)40-29-26(35)25(34)27-22(39-29)14-38-30(6,7)41-27/h13,16-18,20,22,24-29,33-36H,9-12,14-15H2,1-8H3/t18-,20+,22-,24-,25-,26-,27-,28-,29-,31-,32+/m1/s1. The van der Waals surface area contributed by atoms with Crippen molar-refractivity contribution in [2.24, 2.45) is 23.2 Å². The zero-order valence-electron chi connectivity index (χ0n) is 26.0.